The molecule has 0 aliphatic rings. The van der Waals surface area contributed by atoms with Crippen LogP contribution in [0.4, 0.5) is 0 Å². The van der Waals surface area contributed by atoms with E-state index in [-0.39, 0.29) is 0 Å². The monoisotopic (exact) mass is 294 g/mol. The lowest BCUT2D eigenvalue weighted by molar-refractivity contribution is 0.181. The molecule has 1 heterocycles. The topological polar surface area (TPSA) is 47.1 Å². The summed E-state index contributed by atoms with van der Waals surface area (Å²) >= 11 is 0. The Hall–Kier alpha value is -0.870. The molecule has 0 saturated carbocycles. The van der Waals surface area contributed by atoms with Crippen LogP contribution in [0, 0.1) is 11.8 Å². The second-order valence-electron chi connectivity index (χ2n) is 6.78. The van der Waals surface area contributed by atoms with E-state index < -0.39 is 0 Å². The number of rotatable bonds is 10. The Labute approximate surface area is 130 Å². The van der Waals surface area contributed by atoms with Crippen molar-refractivity contribution in [3.63, 3.8) is 0 Å². The average Bonchev–Trinajstić information content (AvgIpc) is 2.90. The third kappa shape index (κ3) is 6.18. The quantitative estimate of drug-likeness (QED) is 0.720. The van der Waals surface area contributed by atoms with Crippen LogP contribution >= 0.6 is 0 Å². The van der Waals surface area contributed by atoms with Crippen LogP contribution in [-0.4, -0.2) is 34.3 Å². The number of hydrogen-bond donors (Lipinski definition) is 1. The minimum absolute atomic E-state index is 0.294. The fourth-order valence-electron chi connectivity index (χ4n) is 2.49. The van der Waals surface area contributed by atoms with Crippen LogP contribution in [0.25, 0.3) is 0 Å². The van der Waals surface area contributed by atoms with E-state index in [0.717, 1.165) is 31.5 Å². The van der Waals surface area contributed by atoms with E-state index >= 15 is 0 Å². The van der Waals surface area contributed by atoms with Gasteiger partial charge in [0.2, 0.25) is 0 Å². The first-order valence-electron chi connectivity index (χ1n) is 8.44. The molecule has 0 saturated heterocycles. The van der Waals surface area contributed by atoms with Crippen LogP contribution in [0.2, 0.25) is 0 Å². The SMILES string of the molecule is CCn1cc(C(CN)N(CCC(C)C)CCC(C)C)cn1. The van der Waals surface area contributed by atoms with Crippen molar-refractivity contribution in [1.29, 1.82) is 0 Å². The van der Waals surface area contributed by atoms with E-state index in [0.29, 0.717) is 12.6 Å². The fourth-order valence-corrected chi connectivity index (χ4v) is 2.49. The third-order valence-electron chi connectivity index (χ3n) is 4.01. The van der Waals surface area contributed by atoms with Gasteiger partial charge in [0, 0.05) is 24.8 Å². The van der Waals surface area contributed by atoms with Crippen molar-refractivity contribution in [3.8, 4) is 0 Å². The van der Waals surface area contributed by atoms with Gasteiger partial charge < -0.3 is 5.73 Å². The lowest BCUT2D eigenvalue weighted by atomic mass is 10.0. The van der Waals surface area contributed by atoms with Gasteiger partial charge in [-0.1, -0.05) is 27.7 Å². The van der Waals surface area contributed by atoms with Gasteiger partial charge >= 0.3 is 0 Å². The lowest BCUT2D eigenvalue weighted by Gasteiger charge is -2.31. The zero-order valence-corrected chi connectivity index (χ0v) is 14.5. The largest absolute Gasteiger partial charge is 0.329 e. The van der Waals surface area contributed by atoms with Gasteiger partial charge in [-0.2, -0.15) is 5.10 Å². The van der Waals surface area contributed by atoms with Crippen LogP contribution < -0.4 is 5.73 Å². The predicted octanol–water partition coefficient (Wildman–Crippen LogP) is 3.30. The van der Waals surface area contributed by atoms with Gasteiger partial charge in [-0.3, -0.25) is 9.58 Å². The Bertz CT molecular complexity index is 372. The molecule has 122 valence electrons. The second kappa shape index (κ2) is 9.21. The van der Waals surface area contributed by atoms with Gasteiger partial charge in [0.15, 0.2) is 0 Å². The molecule has 0 aliphatic heterocycles. The molecule has 0 fully saturated rings. The molecule has 1 unspecified atom stereocenters. The smallest absolute Gasteiger partial charge is 0.0538 e. The molecule has 0 radical (unpaired) electrons. The maximum absolute atomic E-state index is 6.09. The molecule has 1 rings (SSSR count). The van der Waals surface area contributed by atoms with Crippen molar-refractivity contribution in [2.45, 2.75) is 60.0 Å². The van der Waals surface area contributed by atoms with Gasteiger partial charge in [0.05, 0.1) is 12.2 Å². The molecular formula is C17H34N4. The minimum Gasteiger partial charge on any atom is -0.329 e. The second-order valence-corrected chi connectivity index (χ2v) is 6.78. The van der Waals surface area contributed by atoms with Crippen LogP contribution in [-0.2, 0) is 6.54 Å². The summed E-state index contributed by atoms with van der Waals surface area (Å²) in [5, 5.41) is 4.41. The number of hydrogen-bond acceptors (Lipinski definition) is 3. The molecule has 1 aromatic heterocycles. The first kappa shape index (κ1) is 18.2. The highest BCUT2D eigenvalue weighted by Gasteiger charge is 2.20. The van der Waals surface area contributed by atoms with Gasteiger partial charge in [-0.25, -0.2) is 0 Å². The molecule has 4 heteroatoms. The third-order valence-corrected chi connectivity index (χ3v) is 4.01. The highest BCUT2D eigenvalue weighted by molar-refractivity contribution is 5.11. The number of aromatic nitrogens is 2. The summed E-state index contributed by atoms with van der Waals surface area (Å²) in [6.45, 7) is 15.1. The van der Waals surface area contributed by atoms with Crippen molar-refractivity contribution < 1.29 is 0 Å². The Kier molecular flexibility index (Phi) is 7.97. The van der Waals surface area contributed by atoms with Crippen molar-refractivity contribution in [3.05, 3.63) is 18.0 Å². The van der Waals surface area contributed by atoms with Crippen LogP contribution in [0.1, 0.15) is 59.1 Å². The summed E-state index contributed by atoms with van der Waals surface area (Å²) in [6, 6.07) is 0.294. The van der Waals surface area contributed by atoms with Crippen molar-refractivity contribution in [1.82, 2.24) is 14.7 Å². The molecule has 0 spiro atoms. The zero-order valence-electron chi connectivity index (χ0n) is 14.5. The Morgan fingerprint density at radius 2 is 1.71 bits per heavy atom. The molecule has 0 aliphatic carbocycles. The highest BCUT2D eigenvalue weighted by atomic mass is 15.3. The normalized spacial score (nSPS) is 13.6. The maximum atomic E-state index is 6.09. The zero-order chi connectivity index (χ0) is 15.8. The lowest BCUT2D eigenvalue weighted by Crippen LogP contribution is -2.36. The van der Waals surface area contributed by atoms with Crippen LogP contribution in [0.15, 0.2) is 12.4 Å². The summed E-state index contributed by atoms with van der Waals surface area (Å²) in [7, 11) is 0. The molecule has 0 amide bonds. The molecule has 0 aromatic carbocycles. The van der Waals surface area contributed by atoms with Gasteiger partial charge in [0.25, 0.3) is 0 Å². The predicted molar refractivity (Wildman–Crippen MR) is 90.2 cm³/mol. The number of nitrogens with zero attached hydrogens (tertiary/aromatic N) is 3. The van der Waals surface area contributed by atoms with Gasteiger partial charge in [-0.05, 0) is 44.7 Å². The molecule has 1 aromatic rings. The molecule has 1 atom stereocenters. The Morgan fingerprint density at radius 1 is 1.14 bits per heavy atom. The molecule has 4 nitrogen and oxygen atoms in total. The number of aryl methyl sites for hydroxylation is 1. The fraction of sp³-hybridized carbons (Fsp3) is 0.824. The summed E-state index contributed by atoms with van der Waals surface area (Å²) in [5.41, 5.74) is 7.35. The molecule has 0 bridgehead atoms. The van der Waals surface area contributed by atoms with Crippen molar-refractivity contribution >= 4 is 0 Å². The number of nitrogens with two attached hydrogens (primary N) is 1. The molecular weight excluding hydrogens is 260 g/mol. The van der Waals surface area contributed by atoms with Crippen LogP contribution in [0.5, 0.6) is 0 Å². The van der Waals surface area contributed by atoms with E-state index in [9.17, 15) is 0 Å². The summed E-state index contributed by atoms with van der Waals surface area (Å²) in [6.07, 6.45) is 6.57. The maximum Gasteiger partial charge on any atom is 0.0538 e. The first-order chi connectivity index (χ1) is 9.97. The van der Waals surface area contributed by atoms with Crippen molar-refractivity contribution in [2.24, 2.45) is 17.6 Å². The molecule has 21 heavy (non-hydrogen) atoms. The van der Waals surface area contributed by atoms with E-state index in [1.165, 1.54) is 18.4 Å². The summed E-state index contributed by atoms with van der Waals surface area (Å²) < 4.78 is 1.99. The van der Waals surface area contributed by atoms with E-state index in [4.69, 9.17) is 5.73 Å². The first-order valence-corrected chi connectivity index (χ1v) is 8.44. The van der Waals surface area contributed by atoms with E-state index in [1.807, 2.05) is 10.9 Å². The highest BCUT2D eigenvalue weighted by Crippen LogP contribution is 2.21. The van der Waals surface area contributed by atoms with Crippen molar-refractivity contribution in [2.75, 3.05) is 19.6 Å². The van der Waals surface area contributed by atoms with E-state index in [2.05, 4.69) is 50.8 Å². The summed E-state index contributed by atoms with van der Waals surface area (Å²) in [5.74, 6) is 1.45. The standard InChI is InChI=1S/C17H34N4/c1-6-21-13-16(12-19-21)17(11-18)20(9-7-14(2)3)10-8-15(4)5/h12-15,17H,6-11,18H2,1-5H3. The van der Waals surface area contributed by atoms with Gasteiger partial charge in [0.1, 0.15) is 0 Å². The summed E-state index contributed by atoms with van der Waals surface area (Å²) in [4.78, 5) is 2.55. The molecule has 2 N–H and O–H groups in total. The van der Waals surface area contributed by atoms with Gasteiger partial charge in [-0.15, -0.1) is 0 Å². The Morgan fingerprint density at radius 3 is 2.10 bits per heavy atom. The van der Waals surface area contributed by atoms with E-state index in [1.54, 1.807) is 0 Å². The van der Waals surface area contributed by atoms with Crippen LogP contribution in [0.3, 0.4) is 0 Å². The Balaban J connectivity index is 2.79. The minimum atomic E-state index is 0.294. The average molecular weight is 294 g/mol.